The van der Waals surface area contributed by atoms with Crippen LogP contribution in [0.2, 0.25) is 0 Å². The second kappa shape index (κ2) is 6.99. The molecule has 0 unspecified atom stereocenters. The molecule has 1 aromatic carbocycles. The van der Waals surface area contributed by atoms with E-state index in [4.69, 9.17) is 0 Å². The lowest BCUT2D eigenvalue weighted by atomic mass is 10.1. The predicted molar refractivity (Wildman–Crippen MR) is 103 cm³/mol. The van der Waals surface area contributed by atoms with Crippen LogP contribution in [0.4, 0.5) is 21.0 Å². The molecule has 1 aliphatic carbocycles. The third kappa shape index (κ3) is 3.68. The molecule has 0 radical (unpaired) electrons. The molecule has 9 nitrogen and oxygen atoms in total. The Balaban J connectivity index is 1.35. The van der Waals surface area contributed by atoms with Crippen LogP contribution >= 0.6 is 0 Å². The molecule has 0 atom stereocenters. The van der Waals surface area contributed by atoms with Crippen LogP contribution in [-0.2, 0) is 11.3 Å². The molecule has 1 saturated heterocycles. The second-order valence-electron chi connectivity index (χ2n) is 7.43. The minimum absolute atomic E-state index is 0.0509. The summed E-state index contributed by atoms with van der Waals surface area (Å²) < 4.78 is 1.89. The van der Waals surface area contributed by atoms with Gasteiger partial charge in [-0.2, -0.15) is 5.10 Å². The summed E-state index contributed by atoms with van der Waals surface area (Å²) in [6.07, 6.45) is 5.77. The molecular weight excluding hydrogens is 360 g/mol. The van der Waals surface area contributed by atoms with Gasteiger partial charge in [0, 0.05) is 43.6 Å². The number of hydrogen-bond acceptors (Lipinski definition) is 4. The van der Waals surface area contributed by atoms with Crippen LogP contribution in [0.3, 0.4) is 0 Å². The first-order chi connectivity index (χ1) is 13.5. The SMILES string of the molecule is CN1CC(=O)N(c2cccc(NC(=O)NCC3(Cn4cccn4)CC3)c2)C1=O. The van der Waals surface area contributed by atoms with Crippen LogP contribution < -0.4 is 15.5 Å². The number of aromatic nitrogens is 2. The maximum absolute atomic E-state index is 12.3. The summed E-state index contributed by atoms with van der Waals surface area (Å²) in [6.45, 7) is 1.39. The summed E-state index contributed by atoms with van der Waals surface area (Å²) in [6, 6.07) is 7.89. The molecule has 0 bridgehead atoms. The van der Waals surface area contributed by atoms with E-state index >= 15 is 0 Å². The number of benzene rings is 1. The fourth-order valence-electron chi connectivity index (χ4n) is 3.34. The minimum atomic E-state index is -0.374. The van der Waals surface area contributed by atoms with Gasteiger partial charge in [0.1, 0.15) is 6.54 Å². The normalized spacial score (nSPS) is 17.8. The van der Waals surface area contributed by atoms with E-state index in [0.29, 0.717) is 17.9 Å². The molecule has 1 aliphatic heterocycles. The summed E-state index contributed by atoms with van der Waals surface area (Å²) >= 11 is 0. The molecule has 146 valence electrons. The average Bonchev–Trinajstić information content (AvgIpc) is 3.12. The van der Waals surface area contributed by atoms with E-state index in [2.05, 4.69) is 15.7 Å². The van der Waals surface area contributed by atoms with Crippen molar-refractivity contribution in [3.05, 3.63) is 42.7 Å². The van der Waals surface area contributed by atoms with E-state index in [1.165, 1.54) is 4.90 Å². The summed E-state index contributed by atoms with van der Waals surface area (Å²) in [5.74, 6) is -0.289. The van der Waals surface area contributed by atoms with Crippen molar-refractivity contribution in [3.63, 3.8) is 0 Å². The quantitative estimate of drug-likeness (QED) is 0.745. The first kappa shape index (κ1) is 18.0. The zero-order valence-electron chi connectivity index (χ0n) is 15.6. The van der Waals surface area contributed by atoms with Gasteiger partial charge < -0.3 is 15.5 Å². The second-order valence-corrected chi connectivity index (χ2v) is 7.43. The van der Waals surface area contributed by atoms with Crippen LogP contribution in [0.1, 0.15) is 12.8 Å². The zero-order valence-corrected chi connectivity index (χ0v) is 15.6. The maximum atomic E-state index is 12.3. The van der Waals surface area contributed by atoms with Gasteiger partial charge in [-0.1, -0.05) is 6.07 Å². The van der Waals surface area contributed by atoms with Gasteiger partial charge in [-0.15, -0.1) is 0 Å². The van der Waals surface area contributed by atoms with Crippen molar-refractivity contribution in [2.45, 2.75) is 19.4 Å². The Morgan fingerprint density at radius 1 is 1.25 bits per heavy atom. The van der Waals surface area contributed by atoms with Crippen molar-refractivity contribution >= 4 is 29.3 Å². The molecule has 1 aromatic heterocycles. The largest absolute Gasteiger partial charge is 0.337 e. The van der Waals surface area contributed by atoms with Gasteiger partial charge in [0.15, 0.2) is 0 Å². The van der Waals surface area contributed by atoms with Gasteiger partial charge in [0.2, 0.25) is 0 Å². The molecule has 4 rings (SSSR count). The molecule has 5 amide bonds. The van der Waals surface area contributed by atoms with Gasteiger partial charge in [-0.25, -0.2) is 14.5 Å². The first-order valence-electron chi connectivity index (χ1n) is 9.16. The maximum Gasteiger partial charge on any atom is 0.331 e. The zero-order chi connectivity index (χ0) is 19.7. The Bertz CT molecular complexity index is 906. The number of hydrogen-bond donors (Lipinski definition) is 2. The standard InChI is InChI=1S/C19H22N6O3/c1-23-11-16(26)25(18(23)28)15-5-2-4-14(10-15)22-17(27)20-12-19(6-7-19)13-24-9-3-8-21-24/h2-5,8-10H,6-7,11-13H2,1H3,(H2,20,22,27). The lowest BCUT2D eigenvalue weighted by molar-refractivity contribution is -0.116. The van der Waals surface area contributed by atoms with E-state index in [-0.39, 0.29) is 29.9 Å². The van der Waals surface area contributed by atoms with Crippen molar-refractivity contribution < 1.29 is 14.4 Å². The highest BCUT2D eigenvalue weighted by Crippen LogP contribution is 2.46. The number of likely N-dealkylation sites (N-methyl/N-ethyl adjacent to an activating group) is 1. The number of urea groups is 2. The van der Waals surface area contributed by atoms with Crippen LogP contribution in [0.15, 0.2) is 42.7 Å². The molecule has 2 aromatic rings. The van der Waals surface area contributed by atoms with Crippen molar-refractivity contribution in [3.8, 4) is 0 Å². The molecule has 1 saturated carbocycles. The van der Waals surface area contributed by atoms with Crippen molar-refractivity contribution in [2.75, 3.05) is 30.4 Å². The third-order valence-corrected chi connectivity index (χ3v) is 5.14. The number of carbonyl (C=O) groups is 3. The smallest absolute Gasteiger partial charge is 0.331 e. The Kier molecular flexibility index (Phi) is 4.50. The van der Waals surface area contributed by atoms with Gasteiger partial charge in [0.25, 0.3) is 5.91 Å². The Labute approximate surface area is 162 Å². The number of nitrogens with zero attached hydrogens (tertiary/aromatic N) is 4. The molecular formula is C19H22N6O3. The number of imide groups is 1. The van der Waals surface area contributed by atoms with E-state index < -0.39 is 0 Å². The molecule has 2 heterocycles. The minimum Gasteiger partial charge on any atom is -0.337 e. The molecule has 2 N–H and O–H groups in total. The van der Waals surface area contributed by atoms with Crippen molar-refractivity contribution in [1.29, 1.82) is 0 Å². The topological polar surface area (TPSA) is 99.6 Å². The van der Waals surface area contributed by atoms with Gasteiger partial charge in [-0.05, 0) is 37.1 Å². The molecule has 0 spiro atoms. The van der Waals surface area contributed by atoms with Crippen LogP contribution in [0.5, 0.6) is 0 Å². The van der Waals surface area contributed by atoms with Gasteiger partial charge in [0.05, 0.1) is 5.69 Å². The Hall–Kier alpha value is -3.36. The number of anilines is 2. The number of amides is 5. The molecule has 2 fully saturated rings. The monoisotopic (exact) mass is 382 g/mol. The fraction of sp³-hybridized carbons (Fsp3) is 0.368. The van der Waals surface area contributed by atoms with Gasteiger partial charge >= 0.3 is 12.1 Å². The Morgan fingerprint density at radius 3 is 2.71 bits per heavy atom. The summed E-state index contributed by atoms with van der Waals surface area (Å²) in [5.41, 5.74) is 1.01. The van der Waals surface area contributed by atoms with Crippen LogP contribution in [0.25, 0.3) is 0 Å². The lowest BCUT2D eigenvalue weighted by Crippen LogP contribution is -2.35. The van der Waals surface area contributed by atoms with Crippen molar-refractivity contribution in [2.24, 2.45) is 5.41 Å². The molecule has 2 aliphatic rings. The lowest BCUT2D eigenvalue weighted by Gasteiger charge is -2.17. The van der Waals surface area contributed by atoms with Gasteiger partial charge in [-0.3, -0.25) is 9.48 Å². The molecule has 28 heavy (non-hydrogen) atoms. The number of nitrogens with one attached hydrogen (secondary N) is 2. The summed E-state index contributed by atoms with van der Waals surface area (Å²) in [7, 11) is 1.58. The fourth-order valence-corrected chi connectivity index (χ4v) is 3.34. The van der Waals surface area contributed by atoms with Crippen LogP contribution in [-0.4, -0.2) is 52.8 Å². The van der Waals surface area contributed by atoms with Crippen molar-refractivity contribution in [1.82, 2.24) is 20.0 Å². The predicted octanol–water partition coefficient (Wildman–Crippen LogP) is 1.88. The summed E-state index contributed by atoms with van der Waals surface area (Å²) in [5, 5.41) is 9.91. The highest BCUT2D eigenvalue weighted by atomic mass is 16.2. The van der Waals surface area contributed by atoms with E-state index in [0.717, 1.165) is 24.3 Å². The number of rotatable bonds is 6. The van der Waals surface area contributed by atoms with E-state index in [9.17, 15) is 14.4 Å². The summed E-state index contributed by atoms with van der Waals surface area (Å²) in [4.78, 5) is 38.9. The highest BCUT2D eigenvalue weighted by molar-refractivity contribution is 6.19. The highest BCUT2D eigenvalue weighted by Gasteiger charge is 2.43. The first-order valence-corrected chi connectivity index (χ1v) is 9.16. The van der Waals surface area contributed by atoms with E-state index in [1.54, 1.807) is 37.5 Å². The number of carbonyl (C=O) groups excluding carboxylic acids is 3. The van der Waals surface area contributed by atoms with E-state index in [1.807, 2.05) is 16.9 Å². The van der Waals surface area contributed by atoms with Crippen LogP contribution in [0, 0.1) is 5.41 Å². The Morgan fingerprint density at radius 2 is 2.07 bits per heavy atom. The third-order valence-electron chi connectivity index (χ3n) is 5.14. The average molecular weight is 382 g/mol. The molecule has 9 heteroatoms.